The molecule has 0 saturated heterocycles. The van der Waals surface area contributed by atoms with Crippen LogP contribution >= 0.6 is 0 Å². The fourth-order valence-electron chi connectivity index (χ4n) is 2.67. The van der Waals surface area contributed by atoms with Gasteiger partial charge in [-0.25, -0.2) is 14.4 Å². The first-order chi connectivity index (χ1) is 13.4. The molecule has 0 radical (unpaired) electrons. The first-order valence-corrected chi connectivity index (χ1v) is 8.73. The summed E-state index contributed by atoms with van der Waals surface area (Å²) in [4.78, 5) is 25.7. The fourth-order valence-corrected chi connectivity index (χ4v) is 2.67. The molecule has 0 atom stereocenters. The van der Waals surface area contributed by atoms with Crippen LogP contribution in [0.25, 0.3) is 16.9 Å². The Labute approximate surface area is 163 Å². The monoisotopic (exact) mass is 379 g/mol. The van der Waals surface area contributed by atoms with E-state index in [1.54, 1.807) is 40.2 Å². The van der Waals surface area contributed by atoms with Crippen molar-refractivity contribution in [1.82, 2.24) is 19.2 Å². The SMILES string of the molecule is CN(C)/C=N\c1cccn2c(C(=O)/C=C/N(C)C)c(-c3ccc(F)cc3)nc12. The van der Waals surface area contributed by atoms with Gasteiger partial charge in [0, 0.05) is 52.2 Å². The standard InChI is InChI=1S/C21H22FN5O/c1-25(2)13-11-18(28)20-19(15-7-9-16(22)10-8-15)24-21-17(23-14-26(3)4)6-5-12-27(20)21/h5-14H,1-4H3/b13-11+,23-14-. The van der Waals surface area contributed by atoms with Crippen LogP contribution in [-0.4, -0.2) is 59.5 Å². The summed E-state index contributed by atoms with van der Waals surface area (Å²) in [7, 11) is 7.43. The van der Waals surface area contributed by atoms with E-state index in [1.807, 2.05) is 45.2 Å². The van der Waals surface area contributed by atoms with Crippen molar-refractivity contribution in [3.05, 3.63) is 66.4 Å². The van der Waals surface area contributed by atoms with Crippen molar-refractivity contribution >= 4 is 23.5 Å². The van der Waals surface area contributed by atoms with Crippen molar-refractivity contribution in [1.29, 1.82) is 0 Å². The molecule has 0 unspecified atom stereocenters. The van der Waals surface area contributed by atoms with E-state index in [2.05, 4.69) is 9.98 Å². The van der Waals surface area contributed by atoms with Crippen LogP contribution in [0.1, 0.15) is 10.5 Å². The molecule has 0 fully saturated rings. The van der Waals surface area contributed by atoms with Crippen LogP contribution in [-0.2, 0) is 0 Å². The van der Waals surface area contributed by atoms with Crippen LogP contribution in [0, 0.1) is 5.82 Å². The van der Waals surface area contributed by atoms with E-state index < -0.39 is 0 Å². The van der Waals surface area contributed by atoms with Gasteiger partial charge in [0.1, 0.15) is 22.9 Å². The number of aromatic nitrogens is 2. The fraction of sp³-hybridized carbons (Fsp3) is 0.190. The molecule has 2 heterocycles. The minimum Gasteiger partial charge on any atom is -0.383 e. The Bertz CT molecular complexity index is 1050. The first kappa shape index (κ1) is 19.3. The van der Waals surface area contributed by atoms with E-state index >= 15 is 0 Å². The number of carbonyl (C=O) groups excluding carboxylic acids is 1. The maximum Gasteiger partial charge on any atom is 0.206 e. The molecule has 0 aliphatic heterocycles. The summed E-state index contributed by atoms with van der Waals surface area (Å²) in [5.41, 5.74) is 2.74. The van der Waals surface area contributed by atoms with E-state index in [1.165, 1.54) is 18.2 Å². The first-order valence-electron chi connectivity index (χ1n) is 8.73. The Morgan fingerprint density at radius 2 is 1.82 bits per heavy atom. The van der Waals surface area contributed by atoms with Crippen LogP contribution in [0.2, 0.25) is 0 Å². The average Bonchev–Trinajstić information content (AvgIpc) is 3.05. The van der Waals surface area contributed by atoms with Crippen LogP contribution in [0.3, 0.4) is 0 Å². The highest BCUT2D eigenvalue weighted by atomic mass is 19.1. The summed E-state index contributed by atoms with van der Waals surface area (Å²) in [5.74, 6) is -0.543. The number of nitrogens with zero attached hydrogens (tertiary/aromatic N) is 5. The lowest BCUT2D eigenvalue weighted by Gasteiger charge is -2.05. The van der Waals surface area contributed by atoms with Crippen LogP contribution in [0.4, 0.5) is 10.1 Å². The van der Waals surface area contributed by atoms with E-state index in [4.69, 9.17) is 0 Å². The van der Waals surface area contributed by atoms with E-state index in [0.717, 1.165) is 0 Å². The predicted octanol–water partition coefficient (Wildman–Crippen LogP) is 3.62. The second-order valence-electron chi connectivity index (χ2n) is 6.75. The van der Waals surface area contributed by atoms with Gasteiger partial charge in [-0.3, -0.25) is 9.20 Å². The number of rotatable bonds is 6. The third-order valence-electron chi connectivity index (χ3n) is 3.93. The normalized spacial score (nSPS) is 11.6. The van der Waals surface area contributed by atoms with Crippen LogP contribution in [0.5, 0.6) is 0 Å². The Morgan fingerprint density at radius 3 is 2.46 bits per heavy atom. The molecule has 28 heavy (non-hydrogen) atoms. The van der Waals surface area contributed by atoms with Gasteiger partial charge in [-0.05, 0) is 36.4 Å². The van der Waals surface area contributed by atoms with Crippen molar-refractivity contribution in [3.8, 4) is 11.3 Å². The van der Waals surface area contributed by atoms with Gasteiger partial charge < -0.3 is 9.80 Å². The van der Waals surface area contributed by atoms with Gasteiger partial charge in [0.2, 0.25) is 5.78 Å². The lowest BCUT2D eigenvalue weighted by Crippen LogP contribution is -2.07. The molecule has 3 aromatic rings. The number of hydrogen-bond acceptors (Lipinski definition) is 4. The number of fused-ring (bicyclic) bond motifs is 1. The average molecular weight is 379 g/mol. The van der Waals surface area contributed by atoms with Crippen molar-refractivity contribution in [2.24, 2.45) is 4.99 Å². The Hall–Kier alpha value is -3.48. The quantitative estimate of drug-likeness (QED) is 0.284. The molecule has 144 valence electrons. The van der Waals surface area contributed by atoms with E-state index in [0.29, 0.717) is 28.3 Å². The lowest BCUT2D eigenvalue weighted by atomic mass is 10.1. The minimum atomic E-state index is -0.343. The molecular weight excluding hydrogens is 357 g/mol. The third kappa shape index (κ3) is 4.09. The van der Waals surface area contributed by atoms with Crippen LogP contribution < -0.4 is 0 Å². The highest BCUT2D eigenvalue weighted by molar-refractivity contribution is 6.08. The number of pyridine rings is 1. The summed E-state index contributed by atoms with van der Waals surface area (Å²) in [6.07, 6.45) is 6.63. The highest BCUT2D eigenvalue weighted by Crippen LogP contribution is 2.29. The zero-order valence-electron chi connectivity index (χ0n) is 16.3. The summed E-state index contributed by atoms with van der Waals surface area (Å²) in [6.45, 7) is 0. The van der Waals surface area contributed by atoms with Gasteiger partial charge in [-0.15, -0.1) is 0 Å². The van der Waals surface area contributed by atoms with E-state index in [-0.39, 0.29) is 11.6 Å². The number of ketones is 1. The predicted molar refractivity (Wildman–Crippen MR) is 110 cm³/mol. The summed E-state index contributed by atoms with van der Waals surface area (Å²) in [5, 5.41) is 0. The van der Waals surface area contributed by atoms with Gasteiger partial charge >= 0.3 is 0 Å². The molecule has 1 aromatic carbocycles. The van der Waals surface area contributed by atoms with Gasteiger partial charge in [0.15, 0.2) is 5.65 Å². The topological polar surface area (TPSA) is 53.2 Å². The molecular formula is C21H22FN5O. The number of benzene rings is 1. The van der Waals surface area contributed by atoms with Gasteiger partial charge in [-0.1, -0.05) is 0 Å². The number of halogens is 1. The van der Waals surface area contributed by atoms with Crippen molar-refractivity contribution in [2.75, 3.05) is 28.2 Å². The second kappa shape index (κ2) is 8.04. The van der Waals surface area contributed by atoms with Gasteiger partial charge in [-0.2, -0.15) is 0 Å². The maximum absolute atomic E-state index is 13.4. The molecule has 0 bridgehead atoms. The lowest BCUT2D eigenvalue weighted by molar-refractivity contribution is 0.104. The molecule has 0 aliphatic rings. The van der Waals surface area contributed by atoms with E-state index in [9.17, 15) is 9.18 Å². The van der Waals surface area contributed by atoms with Gasteiger partial charge in [0.05, 0.1) is 6.34 Å². The molecule has 0 saturated carbocycles. The smallest absolute Gasteiger partial charge is 0.206 e. The Morgan fingerprint density at radius 1 is 1.11 bits per heavy atom. The molecule has 2 aromatic heterocycles. The zero-order chi connectivity index (χ0) is 20.3. The molecule has 0 aliphatic carbocycles. The van der Waals surface area contributed by atoms with Crippen molar-refractivity contribution < 1.29 is 9.18 Å². The molecule has 0 N–H and O–H groups in total. The highest BCUT2D eigenvalue weighted by Gasteiger charge is 2.20. The minimum absolute atomic E-state index is 0.200. The second-order valence-corrected chi connectivity index (χ2v) is 6.75. The maximum atomic E-state index is 13.4. The number of imidazole rings is 1. The summed E-state index contributed by atoms with van der Waals surface area (Å²) >= 11 is 0. The molecule has 0 spiro atoms. The Kier molecular flexibility index (Phi) is 5.54. The van der Waals surface area contributed by atoms with Crippen LogP contribution in [0.15, 0.2) is 59.9 Å². The summed E-state index contributed by atoms with van der Waals surface area (Å²) < 4.78 is 15.1. The number of aliphatic imine (C=N–C) groups is 1. The third-order valence-corrected chi connectivity index (χ3v) is 3.93. The van der Waals surface area contributed by atoms with Crippen molar-refractivity contribution in [3.63, 3.8) is 0 Å². The number of hydrogen-bond donors (Lipinski definition) is 0. The molecule has 0 amide bonds. The number of allylic oxidation sites excluding steroid dienone is 1. The summed E-state index contributed by atoms with van der Waals surface area (Å²) in [6, 6.07) is 9.60. The molecule has 6 nitrogen and oxygen atoms in total. The molecule has 7 heteroatoms. The molecule has 3 rings (SSSR count). The largest absolute Gasteiger partial charge is 0.383 e. The number of carbonyl (C=O) groups is 1. The zero-order valence-corrected chi connectivity index (χ0v) is 16.3. The Balaban J connectivity index is 2.24. The van der Waals surface area contributed by atoms with Crippen molar-refractivity contribution in [2.45, 2.75) is 0 Å². The van der Waals surface area contributed by atoms with Gasteiger partial charge in [0.25, 0.3) is 0 Å².